The monoisotopic (exact) mass is 1100 g/mol. The third kappa shape index (κ3) is 63.8. The third-order valence-electron chi connectivity index (χ3n) is 17.1. The molecule has 2 unspecified atom stereocenters. The van der Waals surface area contributed by atoms with E-state index in [0.29, 0.717) is 19.4 Å². The van der Waals surface area contributed by atoms with Gasteiger partial charge in [0.15, 0.2) is 0 Å². The SMILES string of the molecule is CCCCCCCCCCCCCCCCCCCCC/C=C/C(O)C(CO)NC(=O)CCCCCCCCCCCCCCCCCCCCCCCCCCCCCOC(=O)CCCCCCCCCCCCCCC. The second-order valence-corrected chi connectivity index (χ2v) is 24.9. The van der Waals surface area contributed by atoms with Crippen LogP contribution in [-0.2, 0) is 14.3 Å². The van der Waals surface area contributed by atoms with Crippen molar-refractivity contribution in [3.63, 3.8) is 0 Å². The Morgan fingerprint density at radius 3 is 0.872 bits per heavy atom. The standard InChI is InChI=1S/C72H141NO5/c1-3-5-7-9-11-13-15-17-18-19-20-28-31-34-37-41-44-48-52-56-60-64-70(75)69(68-74)73-71(76)65-61-57-53-49-45-42-38-35-32-29-26-24-22-21-23-25-27-30-33-36-39-43-47-51-55-59-63-67-78-72(77)66-62-58-54-50-46-40-16-14-12-10-8-6-4-2/h60,64,69-70,74-75H,3-59,61-63,65-68H2,1-2H3,(H,73,76)/b64-60+. The maximum Gasteiger partial charge on any atom is 0.305 e. The molecule has 0 bridgehead atoms. The molecule has 0 saturated carbocycles. The zero-order valence-electron chi connectivity index (χ0n) is 53.2. The minimum Gasteiger partial charge on any atom is -0.466 e. The average Bonchev–Trinajstić information content (AvgIpc) is 3.44. The number of rotatable bonds is 68. The summed E-state index contributed by atoms with van der Waals surface area (Å²) in [4.78, 5) is 24.6. The fourth-order valence-electron chi connectivity index (χ4n) is 11.6. The van der Waals surface area contributed by atoms with E-state index in [2.05, 4.69) is 19.2 Å². The smallest absolute Gasteiger partial charge is 0.305 e. The number of aliphatic hydroxyl groups excluding tert-OH is 2. The van der Waals surface area contributed by atoms with Gasteiger partial charge in [-0.05, 0) is 32.1 Å². The summed E-state index contributed by atoms with van der Waals surface area (Å²) in [7, 11) is 0. The van der Waals surface area contributed by atoms with Crippen LogP contribution in [0.2, 0.25) is 0 Å². The van der Waals surface area contributed by atoms with Gasteiger partial charge in [0.2, 0.25) is 5.91 Å². The Morgan fingerprint density at radius 2 is 0.590 bits per heavy atom. The van der Waals surface area contributed by atoms with Gasteiger partial charge in [0.1, 0.15) is 0 Å². The van der Waals surface area contributed by atoms with E-state index in [9.17, 15) is 19.8 Å². The summed E-state index contributed by atoms with van der Waals surface area (Å²) in [5.74, 6) is -0.0403. The molecule has 464 valence electrons. The van der Waals surface area contributed by atoms with Crippen LogP contribution in [0.1, 0.15) is 412 Å². The fourth-order valence-corrected chi connectivity index (χ4v) is 11.6. The van der Waals surface area contributed by atoms with E-state index < -0.39 is 12.1 Å². The van der Waals surface area contributed by atoms with Gasteiger partial charge in [-0.2, -0.15) is 0 Å². The minimum absolute atomic E-state index is 0.0203. The summed E-state index contributed by atoms with van der Waals surface area (Å²) in [5.41, 5.74) is 0. The van der Waals surface area contributed by atoms with Crippen molar-refractivity contribution < 1.29 is 24.5 Å². The molecule has 0 aliphatic carbocycles. The molecule has 3 N–H and O–H groups in total. The van der Waals surface area contributed by atoms with E-state index in [1.165, 1.54) is 347 Å². The van der Waals surface area contributed by atoms with Gasteiger partial charge in [-0.3, -0.25) is 9.59 Å². The van der Waals surface area contributed by atoms with Crippen molar-refractivity contribution in [3.05, 3.63) is 12.2 Å². The van der Waals surface area contributed by atoms with Crippen LogP contribution in [0.25, 0.3) is 0 Å². The Morgan fingerprint density at radius 1 is 0.346 bits per heavy atom. The lowest BCUT2D eigenvalue weighted by Gasteiger charge is -2.20. The Kier molecular flexibility index (Phi) is 66.9. The van der Waals surface area contributed by atoms with Crippen LogP contribution in [0.4, 0.5) is 0 Å². The maximum atomic E-state index is 12.5. The van der Waals surface area contributed by atoms with Crippen LogP contribution >= 0.6 is 0 Å². The van der Waals surface area contributed by atoms with Gasteiger partial charge < -0.3 is 20.3 Å². The van der Waals surface area contributed by atoms with Gasteiger partial charge in [0, 0.05) is 12.8 Å². The number of aliphatic hydroxyl groups is 2. The van der Waals surface area contributed by atoms with E-state index >= 15 is 0 Å². The normalized spacial score (nSPS) is 12.5. The number of amides is 1. The number of hydrogen-bond donors (Lipinski definition) is 3. The molecule has 0 saturated heterocycles. The summed E-state index contributed by atoms with van der Waals surface area (Å²) >= 11 is 0. The zero-order valence-corrected chi connectivity index (χ0v) is 53.2. The summed E-state index contributed by atoms with van der Waals surface area (Å²) in [6.45, 7) is 4.95. The van der Waals surface area contributed by atoms with Crippen molar-refractivity contribution in [1.29, 1.82) is 0 Å². The van der Waals surface area contributed by atoms with Crippen LogP contribution in [0.5, 0.6) is 0 Å². The van der Waals surface area contributed by atoms with E-state index in [1.807, 2.05) is 6.08 Å². The number of ether oxygens (including phenoxy) is 1. The predicted octanol–water partition coefficient (Wildman–Crippen LogP) is 23.1. The maximum absolute atomic E-state index is 12.5. The second-order valence-electron chi connectivity index (χ2n) is 24.9. The van der Waals surface area contributed by atoms with Crippen LogP contribution in [-0.4, -0.2) is 47.4 Å². The molecule has 0 fully saturated rings. The highest BCUT2D eigenvalue weighted by Gasteiger charge is 2.18. The number of carbonyl (C=O) groups excluding carboxylic acids is 2. The molecule has 6 nitrogen and oxygen atoms in total. The molecule has 0 heterocycles. The lowest BCUT2D eigenvalue weighted by atomic mass is 10.0. The van der Waals surface area contributed by atoms with Crippen molar-refractivity contribution in [2.24, 2.45) is 0 Å². The van der Waals surface area contributed by atoms with Crippen LogP contribution in [0.15, 0.2) is 12.2 Å². The highest BCUT2D eigenvalue weighted by molar-refractivity contribution is 5.76. The lowest BCUT2D eigenvalue weighted by Crippen LogP contribution is -2.45. The first-order chi connectivity index (χ1) is 38.5. The molecule has 6 heteroatoms. The molecule has 1 amide bonds. The molecule has 0 aliphatic rings. The van der Waals surface area contributed by atoms with Crippen LogP contribution in [0.3, 0.4) is 0 Å². The average molecular weight is 1100 g/mol. The molecule has 0 aromatic carbocycles. The van der Waals surface area contributed by atoms with Crippen molar-refractivity contribution in [2.75, 3.05) is 13.2 Å². The molecule has 0 rings (SSSR count). The molecule has 0 aliphatic heterocycles. The summed E-state index contributed by atoms with van der Waals surface area (Å²) < 4.78 is 5.49. The first-order valence-electron chi connectivity index (χ1n) is 36.0. The van der Waals surface area contributed by atoms with E-state index in [-0.39, 0.29) is 18.5 Å². The lowest BCUT2D eigenvalue weighted by molar-refractivity contribution is -0.143. The molecular formula is C72H141NO5. The van der Waals surface area contributed by atoms with Crippen molar-refractivity contribution in [3.8, 4) is 0 Å². The molecular weight excluding hydrogens is 959 g/mol. The van der Waals surface area contributed by atoms with Crippen molar-refractivity contribution >= 4 is 11.9 Å². The Bertz CT molecular complexity index is 1180. The number of nitrogens with one attached hydrogen (secondary N) is 1. The van der Waals surface area contributed by atoms with E-state index in [1.54, 1.807) is 6.08 Å². The number of unbranched alkanes of at least 4 members (excludes halogenated alkanes) is 57. The molecule has 0 radical (unpaired) electrons. The first-order valence-corrected chi connectivity index (χ1v) is 36.0. The second kappa shape index (κ2) is 68.1. The number of esters is 1. The van der Waals surface area contributed by atoms with Gasteiger partial charge >= 0.3 is 5.97 Å². The molecule has 2 atom stereocenters. The van der Waals surface area contributed by atoms with E-state index in [4.69, 9.17) is 4.74 Å². The predicted molar refractivity (Wildman–Crippen MR) is 343 cm³/mol. The molecule has 0 aromatic rings. The Labute approximate surface area is 489 Å². The fraction of sp³-hybridized carbons (Fsp3) is 0.944. The first kappa shape index (κ1) is 76.6. The number of carbonyl (C=O) groups is 2. The largest absolute Gasteiger partial charge is 0.466 e. The van der Waals surface area contributed by atoms with Gasteiger partial charge in [0.05, 0.1) is 25.4 Å². The number of allylic oxidation sites excluding steroid dienone is 1. The quantitative estimate of drug-likeness (QED) is 0.0320. The molecule has 78 heavy (non-hydrogen) atoms. The Hall–Kier alpha value is -1.40. The van der Waals surface area contributed by atoms with Crippen molar-refractivity contribution in [1.82, 2.24) is 5.32 Å². The van der Waals surface area contributed by atoms with Gasteiger partial charge in [-0.15, -0.1) is 0 Å². The third-order valence-corrected chi connectivity index (χ3v) is 17.1. The zero-order chi connectivity index (χ0) is 56.4. The van der Waals surface area contributed by atoms with Crippen molar-refractivity contribution in [2.45, 2.75) is 424 Å². The van der Waals surface area contributed by atoms with Crippen LogP contribution in [0, 0.1) is 0 Å². The highest BCUT2D eigenvalue weighted by Crippen LogP contribution is 2.19. The summed E-state index contributed by atoms with van der Waals surface area (Å²) in [6, 6.07) is -0.626. The summed E-state index contributed by atoms with van der Waals surface area (Å²) in [6.07, 6.45) is 84.4. The summed E-state index contributed by atoms with van der Waals surface area (Å²) in [5, 5.41) is 23.3. The highest BCUT2D eigenvalue weighted by atomic mass is 16.5. The van der Waals surface area contributed by atoms with E-state index in [0.717, 1.165) is 38.5 Å². The Balaban J connectivity index is 3.37. The van der Waals surface area contributed by atoms with Gasteiger partial charge in [-0.1, -0.05) is 379 Å². The molecule has 0 aromatic heterocycles. The minimum atomic E-state index is -0.843. The molecule has 0 spiro atoms. The number of hydrogen-bond acceptors (Lipinski definition) is 5. The van der Waals surface area contributed by atoms with Gasteiger partial charge in [-0.25, -0.2) is 0 Å². The topological polar surface area (TPSA) is 95.9 Å². The van der Waals surface area contributed by atoms with Crippen LogP contribution < -0.4 is 5.32 Å². The van der Waals surface area contributed by atoms with Gasteiger partial charge in [0.25, 0.3) is 0 Å².